The van der Waals surface area contributed by atoms with Gasteiger partial charge in [0.25, 0.3) is 0 Å². The molecule has 1 unspecified atom stereocenters. The number of likely N-dealkylation sites (N-methyl/N-ethyl adjacent to an activating group) is 1. The molecule has 0 aliphatic carbocycles. The van der Waals surface area contributed by atoms with Crippen LogP contribution in [0, 0.1) is 0 Å². The first-order valence-corrected chi connectivity index (χ1v) is 9.49. The van der Waals surface area contributed by atoms with Crippen molar-refractivity contribution in [1.82, 2.24) is 14.8 Å². The molecule has 1 aromatic carbocycles. The van der Waals surface area contributed by atoms with Gasteiger partial charge in [-0.15, -0.1) is 16.8 Å². The zero-order valence-electron chi connectivity index (χ0n) is 15.6. The van der Waals surface area contributed by atoms with Gasteiger partial charge in [0, 0.05) is 36.5 Å². The highest BCUT2D eigenvalue weighted by atomic mass is 32.2. The average Bonchev–Trinajstić information content (AvgIpc) is 3.12. The number of ketones is 1. The first-order valence-electron chi connectivity index (χ1n) is 8.61. The molecule has 0 saturated heterocycles. The number of rotatable bonds is 6. The number of thioether (sulfide) groups is 1. The number of anilines is 1. The number of allylic oxidation sites excluding steroid dienone is 3. The van der Waals surface area contributed by atoms with Crippen molar-refractivity contribution in [1.29, 1.82) is 0 Å². The van der Waals surface area contributed by atoms with Gasteiger partial charge in [0.15, 0.2) is 10.9 Å². The Morgan fingerprint density at radius 1 is 1.38 bits per heavy atom. The molecular weight excluding hydrogens is 344 g/mol. The van der Waals surface area contributed by atoms with Gasteiger partial charge in [-0.05, 0) is 18.6 Å². The van der Waals surface area contributed by atoms with Gasteiger partial charge in [0.1, 0.15) is 6.33 Å². The maximum Gasteiger partial charge on any atom is 0.191 e. The van der Waals surface area contributed by atoms with E-state index in [-0.39, 0.29) is 16.4 Å². The molecule has 5 nitrogen and oxygen atoms in total. The number of fused-ring (bicyclic) bond motifs is 1. The van der Waals surface area contributed by atoms with Crippen LogP contribution in [-0.2, 0) is 16.8 Å². The van der Waals surface area contributed by atoms with Crippen LogP contribution >= 0.6 is 11.8 Å². The molecule has 0 saturated carbocycles. The van der Waals surface area contributed by atoms with Gasteiger partial charge in [-0.3, -0.25) is 4.79 Å². The van der Waals surface area contributed by atoms with Crippen LogP contribution in [0.25, 0.3) is 0 Å². The Morgan fingerprint density at radius 3 is 2.81 bits per heavy atom. The molecule has 0 bridgehead atoms. The molecule has 0 radical (unpaired) electrons. The van der Waals surface area contributed by atoms with Crippen molar-refractivity contribution in [3.63, 3.8) is 0 Å². The second-order valence-electron chi connectivity index (χ2n) is 6.95. The van der Waals surface area contributed by atoms with Gasteiger partial charge >= 0.3 is 0 Å². The summed E-state index contributed by atoms with van der Waals surface area (Å²) in [7, 11) is 2.02. The lowest BCUT2D eigenvalue weighted by Gasteiger charge is -2.24. The van der Waals surface area contributed by atoms with Gasteiger partial charge < -0.3 is 9.47 Å². The Bertz CT molecular complexity index is 868. The zero-order chi connectivity index (χ0) is 18.9. The largest absolute Gasteiger partial charge is 0.347 e. The predicted octanol–water partition coefficient (Wildman–Crippen LogP) is 3.83. The second-order valence-corrected chi connectivity index (χ2v) is 8.26. The smallest absolute Gasteiger partial charge is 0.191 e. The molecule has 0 N–H and O–H groups in total. The topological polar surface area (TPSA) is 51.0 Å². The summed E-state index contributed by atoms with van der Waals surface area (Å²) in [5, 5.41) is 8.52. The third kappa shape index (κ3) is 3.21. The lowest BCUT2D eigenvalue weighted by Crippen LogP contribution is -2.25. The zero-order valence-corrected chi connectivity index (χ0v) is 16.5. The summed E-state index contributed by atoms with van der Waals surface area (Å²) in [5.41, 5.74) is 3.22. The molecule has 0 fully saturated rings. The highest BCUT2D eigenvalue weighted by Crippen LogP contribution is 2.46. The lowest BCUT2D eigenvalue weighted by molar-refractivity contribution is -0.114. The van der Waals surface area contributed by atoms with Crippen molar-refractivity contribution in [3.8, 4) is 0 Å². The van der Waals surface area contributed by atoms with E-state index < -0.39 is 0 Å². The summed E-state index contributed by atoms with van der Waals surface area (Å²) in [6.45, 7) is 10.6. The summed E-state index contributed by atoms with van der Waals surface area (Å²) >= 11 is 1.42. The van der Waals surface area contributed by atoms with Crippen LogP contribution in [0.15, 0.2) is 60.2 Å². The molecule has 6 heteroatoms. The third-order valence-corrected chi connectivity index (χ3v) is 5.92. The fourth-order valence-electron chi connectivity index (χ4n) is 3.33. The molecule has 1 aliphatic rings. The average molecular weight is 369 g/mol. The fraction of sp³-hybridized carbons (Fsp3) is 0.350. The minimum absolute atomic E-state index is 0.0749. The van der Waals surface area contributed by atoms with E-state index in [1.807, 2.05) is 30.7 Å². The summed E-state index contributed by atoms with van der Waals surface area (Å²) in [6, 6.07) is 8.30. The van der Waals surface area contributed by atoms with Crippen LogP contribution in [0.5, 0.6) is 0 Å². The molecule has 1 aromatic heterocycles. The maximum atomic E-state index is 12.9. The normalized spacial score (nSPS) is 18.0. The van der Waals surface area contributed by atoms with Crippen molar-refractivity contribution in [2.45, 2.75) is 43.1 Å². The lowest BCUT2D eigenvalue weighted by atomic mass is 9.83. The van der Waals surface area contributed by atoms with Gasteiger partial charge in [-0.1, -0.05) is 49.9 Å². The highest BCUT2D eigenvalue weighted by molar-refractivity contribution is 8.00. The van der Waals surface area contributed by atoms with Crippen molar-refractivity contribution >= 4 is 23.2 Å². The van der Waals surface area contributed by atoms with Gasteiger partial charge in [0.2, 0.25) is 0 Å². The number of benzene rings is 1. The van der Waals surface area contributed by atoms with E-state index >= 15 is 0 Å². The summed E-state index contributed by atoms with van der Waals surface area (Å²) in [4.78, 5) is 15.0. The van der Waals surface area contributed by atoms with Crippen LogP contribution in [0.2, 0.25) is 0 Å². The first-order chi connectivity index (χ1) is 12.4. The quantitative estimate of drug-likeness (QED) is 0.441. The molecule has 1 aliphatic heterocycles. The Kier molecular flexibility index (Phi) is 5.05. The number of carbonyl (C=O) groups is 1. The number of hydrogen-bond acceptors (Lipinski definition) is 5. The van der Waals surface area contributed by atoms with Crippen molar-refractivity contribution < 1.29 is 4.79 Å². The molecule has 0 spiro atoms. The summed E-state index contributed by atoms with van der Waals surface area (Å²) < 4.78 is 1.88. The standard InChI is InChI=1S/C20H24N4OS/c1-6-11-24-13-21-22-19(24)26-14(2)17(25)12-18-20(3,4)15-9-7-8-10-16(15)23(18)5/h6-10,12-14H,1,11H2,2-5H3/b18-12+. The molecule has 2 heterocycles. The van der Waals surface area contributed by atoms with Crippen LogP contribution in [0.1, 0.15) is 26.3 Å². The van der Waals surface area contributed by atoms with Gasteiger partial charge in [-0.25, -0.2) is 0 Å². The number of aromatic nitrogens is 3. The Balaban J connectivity index is 1.82. The number of carbonyl (C=O) groups excluding carboxylic acids is 1. The minimum atomic E-state index is -0.247. The van der Waals surface area contributed by atoms with E-state index in [0.717, 1.165) is 16.5 Å². The fourth-order valence-corrected chi connectivity index (χ4v) is 4.18. The molecule has 1 atom stereocenters. The molecule has 2 aromatic rings. The Hall–Kier alpha value is -2.34. The Morgan fingerprint density at radius 2 is 2.12 bits per heavy atom. The van der Waals surface area contributed by atoms with E-state index in [1.165, 1.54) is 17.3 Å². The third-order valence-electron chi connectivity index (χ3n) is 4.81. The monoisotopic (exact) mass is 368 g/mol. The Labute approximate surface area is 158 Å². The second kappa shape index (κ2) is 7.11. The highest BCUT2D eigenvalue weighted by Gasteiger charge is 2.38. The number of nitrogens with zero attached hydrogens (tertiary/aromatic N) is 4. The SMILES string of the molecule is C=CCn1cnnc1SC(C)C(=O)/C=C1/N(C)c2ccccc2C1(C)C. The van der Waals surface area contributed by atoms with Gasteiger partial charge in [0.05, 0.1) is 5.25 Å². The van der Waals surface area contributed by atoms with E-state index in [2.05, 4.69) is 47.7 Å². The number of para-hydroxylation sites is 1. The first kappa shape index (κ1) is 18.5. The van der Waals surface area contributed by atoms with Crippen LogP contribution in [0.3, 0.4) is 0 Å². The number of hydrogen-bond donors (Lipinski definition) is 0. The van der Waals surface area contributed by atoms with Crippen molar-refractivity contribution in [2.75, 3.05) is 11.9 Å². The molecule has 0 amide bonds. The summed E-state index contributed by atoms with van der Waals surface area (Å²) in [6.07, 6.45) is 5.23. The van der Waals surface area contributed by atoms with Crippen LogP contribution < -0.4 is 4.90 Å². The van der Waals surface area contributed by atoms with E-state index in [0.29, 0.717) is 6.54 Å². The molecule has 136 valence electrons. The minimum Gasteiger partial charge on any atom is -0.347 e. The molecule has 3 rings (SSSR count). The maximum absolute atomic E-state index is 12.9. The summed E-state index contributed by atoms with van der Waals surface area (Å²) in [5.74, 6) is 0.0749. The van der Waals surface area contributed by atoms with Crippen LogP contribution in [0.4, 0.5) is 5.69 Å². The van der Waals surface area contributed by atoms with E-state index in [4.69, 9.17) is 0 Å². The van der Waals surface area contributed by atoms with E-state index in [9.17, 15) is 4.79 Å². The van der Waals surface area contributed by atoms with Crippen molar-refractivity contribution in [3.05, 3.63) is 60.6 Å². The van der Waals surface area contributed by atoms with Crippen molar-refractivity contribution in [2.24, 2.45) is 0 Å². The van der Waals surface area contributed by atoms with Crippen LogP contribution in [-0.4, -0.2) is 32.8 Å². The predicted molar refractivity (Wildman–Crippen MR) is 106 cm³/mol. The van der Waals surface area contributed by atoms with E-state index in [1.54, 1.807) is 18.5 Å². The van der Waals surface area contributed by atoms with Gasteiger partial charge in [-0.2, -0.15) is 0 Å². The molecular formula is C20H24N4OS. The molecule has 26 heavy (non-hydrogen) atoms.